The highest BCUT2D eigenvalue weighted by atomic mass is 16.5. The molecule has 0 fully saturated rings. The second-order valence-corrected chi connectivity index (χ2v) is 4.52. The molecular weight excluding hydrogens is 230 g/mol. The minimum Gasteiger partial charge on any atom is -0.508 e. The van der Waals surface area contributed by atoms with Gasteiger partial charge in [-0.05, 0) is 44.6 Å². The van der Waals surface area contributed by atoms with Crippen LogP contribution in [0.1, 0.15) is 18.9 Å². The Labute approximate surface area is 108 Å². The number of benzene rings is 1. The molecule has 0 saturated carbocycles. The number of rotatable bonds is 6. The third-order valence-electron chi connectivity index (χ3n) is 2.71. The van der Waals surface area contributed by atoms with Crippen molar-refractivity contribution in [3.8, 4) is 5.75 Å². The number of carbonyl (C=O) groups is 1. The molecule has 0 saturated heterocycles. The van der Waals surface area contributed by atoms with Crippen LogP contribution in [0.3, 0.4) is 0 Å². The summed E-state index contributed by atoms with van der Waals surface area (Å²) in [5, 5.41) is 9.22. The molecule has 0 spiro atoms. The van der Waals surface area contributed by atoms with E-state index in [1.807, 2.05) is 38.1 Å². The van der Waals surface area contributed by atoms with Crippen molar-refractivity contribution in [3.05, 3.63) is 29.8 Å². The van der Waals surface area contributed by atoms with Crippen molar-refractivity contribution in [2.24, 2.45) is 0 Å². The molecule has 0 amide bonds. The van der Waals surface area contributed by atoms with Gasteiger partial charge in [-0.1, -0.05) is 19.1 Å². The van der Waals surface area contributed by atoms with Gasteiger partial charge in [0.05, 0.1) is 6.61 Å². The van der Waals surface area contributed by atoms with Crippen LogP contribution in [0.5, 0.6) is 5.75 Å². The molecule has 4 nitrogen and oxygen atoms in total. The maximum atomic E-state index is 11.9. The first-order chi connectivity index (χ1) is 8.54. The smallest absolute Gasteiger partial charge is 0.323 e. The second-order valence-electron chi connectivity index (χ2n) is 4.52. The van der Waals surface area contributed by atoms with Crippen molar-refractivity contribution in [3.63, 3.8) is 0 Å². The largest absolute Gasteiger partial charge is 0.508 e. The van der Waals surface area contributed by atoms with E-state index in [4.69, 9.17) is 4.74 Å². The second kappa shape index (κ2) is 7.01. The van der Waals surface area contributed by atoms with Crippen LogP contribution in [0.4, 0.5) is 0 Å². The van der Waals surface area contributed by atoms with E-state index in [1.165, 1.54) is 0 Å². The number of esters is 1. The fourth-order valence-corrected chi connectivity index (χ4v) is 1.63. The molecule has 4 heteroatoms. The molecule has 0 aliphatic rings. The lowest BCUT2D eigenvalue weighted by atomic mass is 10.1. The summed E-state index contributed by atoms with van der Waals surface area (Å²) in [7, 11) is 3.72. The zero-order chi connectivity index (χ0) is 13.5. The number of aromatic hydroxyl groups is 1. The number of phenols is 1. The molecule has 18 heavy (non-hydrogen) atoms. The van der Waals surface area contributed by atoms with Crippen molar-refractivity contribution in [1.29, 1.82) is 0 Å². The third-order valence-corrected chi connectivity index (χ3v) is 2.71. The van der Waals surface area contributed by atoms with Gasteiger partial charge < -0.3 is 9.84 Å². The fourth-order valence-electron chi connectivity index (χ4n) is 1.63. The van der Waals surface area contributed by atoms with Crippen molar-refractivity contribution in [1.82, 2.24) is 4.90 Å². The number of hydrogen-bond donors (Lipinski definition) is 1. The van der Waals surface area contributed by atoms with Gasteiger partial charge in [0.1, 0.15) is 11.8 Å². The van der Waals surface area contributed by atoms with Crippen molar-refractivity contribution in [2.75, 3.05) is 20.7 Å². The predicted molar refractivity (Wildman–Crippen MR) is 70.5 cm³/mol. The molecule has 1 N–H and O–H groups in total. The van der Waals surface area contributed by atoms with Gasteiger partial charge in [-0.2, -0.15) is 0 Å². The van der Waals surface area contributed by atoms with E-state index in [-0.39, 0.29) is 17.8 Å². The molecule has 0 aliphatic heterocycles. The molecular formula is C14H21NO3. The van der Waals surface area contributed by atoms with Crippen LogP contribution in [0.2, 0.25) is 0 Å². The standard InChI is InChI=1S/C14H21NO3/c1-4-9-18-14(17)13(15(2)3)10-11-5-7-12(16)8-6-11/h5-8,13,16H,4,9-10H2,1-3H3/t13-/m0/s1. The molecule has 0 heterocycles. The Morgan fingerprint density at radius 2 is 1.94 bits per heavy atom. The molecule has 0 radical (unpaired) electrons. The summed E-state index contributed by atoms with van der Waals surface area (Å²) in [6.07, 6.45) is 1.40. The molecule has 1 atom stereocenters. The summed E-state index contributed by atoms with van der Waals surface area (Å²) in [4.78, 5) is 13.8. The van der Waals surface area contributed by atoms with Gasteiger partial charge >= 0.3 is 5.97 Å². The molecule has 1 aromatic rings. The van der Waals surface area contributed by atoms with Gasteiger partial charge in [-0.15, -0.1) is 0 Å². The van der Waals surface area contributed by atoms with E-state index in [1.54, 1.807) is 12.1 Å². The van der Waals surface area contributed by atoms with E-state index in [9.17, 15) is 9.90 Å². The normalized spacial score (nSPS) is 12.4. The highest BCUT2D eigenvalue weighted by molar-refractivity contribution is 5.76. The number of nitrogens with zero attached hydrogens (tertiary/aromatic N) is 1. The van der Waals surface area contributed by atoms with Crippen molar-refractivity contribution >= 4 is 5.97 Å². The number of ether oxygens (including phenoxy) is 1. The molecule has 1 aromatic carbocycles. The Kier molecular flexibility index (Phi) is 5.65. The SMILES string of the molecule is CCCOC(=O)[C@H](Cc1ccc(O)cc1)N(C)C. The Morgan fingerprint density at radius 3 is 2.44 bits per heavy atom. The van der Waals surface area contributed by atoms with Crippen LogP contribution in [0, 0.1) is 0 Å². The maximum Gasteiger partial charge on any atom is 0.323 e. The van der Waals surface area contributed by atoms with Crippen LogP contribution in [-0.4, -0.2) is 42.7 Å². The predicted octanol–water partition coefficient (Wildman–Crippen LogP) is 1.82. The first-order valence-electron chi connectivity index (χ1n) is 6.15. The van der Waals surface area contributed by atoms with E-state index < -0.39 is 0 Å². The van der Waals surface area contributed by atoms with Crippen LogP contribution in [0.25, 0.3) is 0 Å². The summed E-state index contributed by atoms with van der Waals surface area (Å²) >= 11 is 0. The fraction of sp³-hybridized carbons (Fsp3) is 0.500. The number of hydrogen-bond acceptors (Lipinski definition) is 4. The molecule has 1 rings (SSSR count). The lowest BCUT2D eigenvalue weighted by Gasteiger charge is -2.22. The van der Waals surface area contributed by atoms with Crippen LogP contribution in [0.15, 0.2) is 24.3 Å². The molecule has 0 aromatic heterocycles. The Morgan fingerprint density at radius 1 is 1.33 bits per heavy atom. The Balaban J connectivity index is 2.68. The van der Waals surface area contributed by atoms with Gasteiger partial charge in [0, 0.05) is 0 Å². The lowest BCUT2D eigenvalue weighted by molar-refractivity contribution is -0.149. The highest BCUT2D eigenvalue weighted by Crippen LogP contribution is 2.13. The zero-order valence-electron chi connectivity index (χ0n) is 11.2. The minimum absolute atomic E-state index is 0.199. The maximum absolute atomic E-state index is 11.9. The summed E-state index contributed by atoms with van der Waals surface area (Å²) in [6.45, 7) is 2.43. The summed E-state index contributed by atoms with van der Waals surface area (Å²) < 4.78 is 5.18. The van der Waals surface area contributed by atoms with Crippen LogP contribution < -0.4 is 0 Å². The summed E-state index contributed by atoms with van der Waals surface area (Å²) in [5.41, 5.74) is 1.000. The third kappa shape index (κ3) is 4.37. The van der Waals surface area contributed by atoms with Crippen molar-refractivity contribution in [2.45, 2.75) is 25.8 Å². The monoisotopic (exact) mass is 251 g/mol. The average Bonchev–Trinajstić information content (AvgIpc) is 2.34. The lowest BCUT2D eigenvalue weighted by Crippen LogP contribution is -2.39. The van der Waals surface area contributed by atoms with Crippen LogP contribution >= 0.6 is 0 Å². The van der Waals surface area contributed by atoms with Gasteiger partial charge in [0.25, 0.3) is 0 Å². The first-order valence-corrected chi connectivity index (χ1v) is 6.15. The zero-order valence-corrected chi connectivity index (χ0v) is 11.2. The van der Waals surface area contributed by atoms with Crippen molar-refractivity contribution < 1.29 is 14.6 Å². The molecule has 0 aliphatic carbocycles. The first kappa shape index (κ1) is 14.5. The Bertz CT molecular complexity index is 373. The summed E-state index contributed by atoms with van der Waals surface area (Å²) in [6, 6.07) is 6.59. The van der Waals surface area contributed by atoms with E-state index in [2.05, 4.69) is 0 Å². The summed E-state index contributed by atoms with van der Waals surface area (Å²) in [5.74, 6) is 0.0311. The van der Waals surface area contributed by atoms with Gasteiger partial charge in [0.15, 0.2) is 0 Å². The molecule has 0 unspecified atom stereocenters. The molecule has 0 bridgehead atoms. The topological polar surface area (TPSA) is 49.8 Å². The quantitative estimate of drug-likeness (QED) is 0.783. The number of likely N-dealkylation sites (N-methyl/N-ethyl adjacent to an activating group) is 1. The number of carbonyl (C=O) groups excluding carboxylic acids is 1. The number of phenolic OH excluding ortho intramolecular Hbond substituents is 1. The van der Waals surface area contributed by atoms with E-state index in [0.717, 1.165) is 12.0 Å². The van der Waals surface area contributed by atoms with Gasteiger partial charge in [-0.25, -0.2) is 0 Å². The Hall–Kier alpha value is -1.55. The minimum atomic E-state index is -0.291. The highest BCUT2D eigenvalue weighted by Gasteiger charge is 2.22. The van der Waals surface area contributed by atoms with E-state index in [0.29, 0.717) is 13.0 Å². The average molecular weight is 251 g/mol. The molecule has 100 valence electrons. The van der Waals surface area contributed by atoms with Crippen LogP contribution in [-0.2, 0) is 16.0 Å². The van der Waals surface area contributed by atoms with Gasteiger partial charge in [-0.3, -0.25) is 9.69 Å². The van der Waals surface area contributed by atoms with Gasteiger partial charge in [0.2, 0.25) is 0 Å². The van der Waals surface area contributed by atoms with E-state index >= 15 is 0 Å².